The number of hydrogen-bond donors (Lipinski definition) is 2. The molecule has 0 saturated carbocycles. The maximum Gasteiger partial charge on any atom is 0.0497 e. The maximum atomic E-state index is 3.42. The van der Waals surface area contributed by atoms with E-state index in [0.717, 1.165) is 0 Å². The van der Waals surface area contributed by atoms with Crippen molar-refractivity contribution >= 4 is 10.8 Å². The van der Waals surface area contributed by atoms with Gasteiger partial charge in [-0.05, 0) is 57.3 Å². The number of likely N-dealkylation sites (N-methyl/N-ethyl adjacent to an activating group) is 2. The molecule has 0 amide bonds. The molecule has 1 atom stereocenters. The molecule has 0 radical (unpaired) electrons. The van der Waals surface area contributed by atoms with Crippen molar-refractivity contribution in [3.8, 4) is 0 Å². The summed E-state index contributed by atoms with van der Waals surface area (Å²) >= 11 is 0. The molecule has 2 N–H and O–H groups in total. The summed E-state index contributed by atoms with van der Waals surface area (Å²) in [5.74, 6) is 0. The minimum atomic E-state index is 0.00707. The Morgan fingerprint density at radius 3 is 2.21 bits per heavy atom. The second-order valence-electron chi connectivity index (χ2n) is 5.80. The molecule has 19 heavy (non-hydrogen) atoms. The average molecular weight is 256 g/mol. The van der Waals surface area contributed by atoms with E-state index >= 15 is 0 Å². The van der Waals surface area contributed by atoms with Gasteiger partial charge in [0.1, 0.15) is 0 Å². The van der Waals surface area contributed by atoms with Crippen LogP contribution in [-0.4, -0.2) is 19.6 Å². The molecule has 2 aromatic carbocycles. The van der Waals surface area contributed by atoms with Gasteiger partial charge in [0.25, 0.3) is 0 Å². The van der Waals surface area contributed by atoms with Gasteiger partial charge in [-0.25, -0.2) is 0 Å². The largest absolute Gasteiger partial charge is 0.313 e. The predicted molar refractivity (Wildman–Crippen MR) is 83.6 cm³/mol. The lowest BCUT2D eigenvalue weighted by atomic mass is 9.87. The number of fused-ring (bicyclic) bond motifs is 1. The molecule has 0 aliphatic carbocycles. The zero-order valence-electron chi connectivity index (χ0n) is 12.5. The number of aryl methyl sites for hydroxylation is 1. The summed E-state index contributed by atoms with van der Waals surface area (Å²) in [6, 6.07) is 13.6. The van der Waals surface area contributed by atoms with Crippen LogP contribution in [0.15, 0.2) is 36.4 Å². The first-order valence-electron chi connectivity index (χ1n) is 6.84. The summed E-state index contributed by atoms with van der Waals surface area (Å²) in [5, 5.41) is 9.42. The van der Waals surface area contributed by atoms with Crippen LogP contribution in [0.1, 0.15) is 31.0 Å². The Kier molecular flexibility index (Phi) is 3.93. The first-order chi connectivity index (χ1) is 8.97. The topological polar surface area (TPSA) is 24.1 Å². The SMILES string of the molecule is CNC(c1ccc2cc(C)ccc2c1)C(C)(C)NC. The van der Waals surface area contributed by atoms with E-state index < -0.39 is 0 Å². The van der Waals surface area contributed by atoms with Crippen LogP contribution in [0.4, 0.5) is 0 Å². The Bertz CT molecular complexity index is 572. The number of benzene rings is 2. The van der Waals surface area contributed by atoms with Gasteiger partial charge < -0.3 is 10.6 Å². The van der Waals surface area contributed by atoms with E-state index in [2.05, 4.69) is 67.8 Å². The van der Waals surface area contributed by atoms with Crippen LogP contribution in [-0.2, 0) is 0 Å². The standard InChI is InChI=1S/C17H24N2/c1-12-6-7-14-11-15(9-8-13(14)10-12)16(18-4)17(2,3)19-5/h6-11,16,18-19H,1-5H3. The van der Waals surface area contributed by atoms with E-state index in [1.165, 1.54) is 21.9 Å². The first kappa shape index (κ1) is 14.0. The highest BCUT2D eigenvalue weighted by Gasteiger charge is 2.27. The average Bonchev–Trinajstić information content (AvgIpc) is 2.39. The molecule has 0 heterocycles. The molecular formula is C17H24N2. The molecule has 1 unspecified atom stereocenters. The van der Waals surface area contributed by atoms with Crippen molar-refractivity contribution in [2.75, 3.05) is 14.1 Å². The molecule has 0 bridgehead atoms. The summed E-state index contributed by atoms with van der Waals surface area (Å²) in [4.78, 5) is 0. The van der Waals surface area contributed by atoms with Crippen molar-refractivity contribution in [2.45, 2.75) is 32.4 Å². The quantitative estimate of drug-likeness (QED) is 0.876. The normalized spacial score (nSPS) is 13.7. The van der Waals surface area contributed by atoms with Gasteiger partial charge in [0, 0.05) is 11.6 Å². The highest BCUT2D eigenvalue weighted by Crippen LogP contribution is 2.28. The van der Waals surface area contributed by atoms with Crippen molar-refractivity contribution < 1.29 is 0 Å². The first-order valence-corrected chi connectivity index (χ1v) is 6.84. The van der Waals surface area contributed by atoms with Gasteiger partial charge in [-0.1, -0.05) is 35.9 Å². The van der Waals surface area contributed by atoms with Crippen molar-refractivity contribution in [2.24, 2.45) is 0 Å². The Morgan fingerprint density at radius 2 is 1.58 bits per heavy atom. The zero-order chi connectivity index (χ0) is 14.0. The molecular weight excluding hydrogens is 232 g/mol. The summed E-state index contributed by atoms with van der Waals surface area (Å²) < 4.78 is 0. The van der Waals surface area contributed by atoms with E-state index in [0.29, 0.717) is 0 Å². The van der Waals surface area contributed by atoms with E-state index in [1.807, 2.05) is 14.1 Å². The van der Waals surface area contributed by atoms with Crippen LogP contribution in [0.25, 0.3) is 10.8 Å². The molecule has 2 aromatic rings. The molecule has 0 fully saturated rings. The van der Waals surface area contributed by atoms with Crippen molar-refractivity contribution in [3.05, 3.63) is 47.5 Å². The lowest BCUT2D eigenvalue weighted by Crippen LogP contribution is -2.47. The van der Waals surface area contributed by atoms with Crippen LogP contribution in [0, 0.1) is 6.92 Å². The third-order valence-electron chi connectivity index (χ3n) is 4.01. The fraction of sp³-hybridized carbons (Fsp3) is 0.412. The molecule has 0 saturated heterocycles. The summed E-state index contributed by atoms with van der Waals surface area (Å²) in [5.41, 5.74) is 2.63. The molecule has 0 aromatic heterocycles. The second kappa shape index (κ2) is 5.32. The Morgan fingerprint density at radius 1 is 0.947 bits per heavy atom. The smallest absolute Gasteiger partial charge is 0.0497 e. The van der Waals surface area contributed by atoms with Crippen molar-refractivity contribution in [3.63, 3.8) is 0 Å². The molecule has 0 spiro atoms. The Labute approximate surface area is 116 Å². The molecule has 0 aliphatic rings. The monoisotopic (exact) mass is 256 g/mol. The van der Waals surface area contributed by atoms with Crippen LogP contribution < -0.4 is 10.6 Å². The molecule has 2 nitrogen and oxygen atoms in total. The zero-order valence-corrected chi connectivity index (χ0v) is 12.5. The Balaban J connectivity index is 2.47. The summed E-state index contributed by atoms with van der Waals surface area (Å²) in [6.07, 6.45) is 0. The lowest BCUT2D eigenvalue weighted by Gasteiger charge is -2.34. The minimum absolute atomic E-state index is 0.00707. The third-order valence-corrected chi connectivity index (χ3v) is 4.01. The lowest BCUT2D eigenvalue weighted by molar-refractivity contribution is 0.311. The van der Waals surface area contributed by atoms with Gasteiger partial charge in [0.05, 0.1) is 0 Å². The van der Waals surface area contributed by atoms with Gasteiger partial charge in [-0.2, -0.15) is 0 Å². The molecule has 102 valence electrons. The summed E-state index contributed by atoms with van der Waals surface area (Å²) in [6.45, 7) is 6.56. The fourth-order valence-corrected chi connectivity index (χ4v) is 2.65. The van der Waals surface area contributed by atoms with Crippen LogP contribution in [0.2, 0.25) is 0 Å². The van der Waals surface area contributed by atoms with Crippen LogP contribution in [0.3, 0.4) is 0 Å². The van der Waals surface area contributed by atoms with E-state index in [1.54, 1.807) is 0 Å². The maximum absolute atomic E-state index is 3.42. The van der Waals surface area contributed by atoms with Gasteiger partial charge in [0.2, 0.25) is 0 Å². The van der Waals surface area contributed by atoms with E-state index in [-0.39, 0.29) is 11.6 Å². The van der Waals surface area contributed by atoms with Crippen molar-refractivity contribution in [1.82, 2.24) is 10.6 Å². The highest BCUT2D eigenvalue weighted by molar-refractivity contribution is 5.83. The third kappa shape index (κ3) is 2.80. The Hall–Kier alpha value is -1.38. The van der Waals surface area contributed by atoms with Crippen LogP contribution >= 0.6 is 0 Å². The minimum Gasteiger partial charge on any atom is -0.313 e. The number of rotatable bonds is 4. The van der Waals surface area contributed by atoms with Gasteiger partial charge in [-0.15, -0.1) is 0 Å². The molecule has 2 heteroatoms. The van der Waals surface area contributed by atoms with Gasteiger partial charge in [0.15, 0.2) is 0 Å². The fourth-order valence-electron chi connectivity index (χ4n) is 2.65. The molecule has 0 aliphatic heterocycles. The van der Waals surface area contributed by atoms with E-state index in [4.69, 9.17) is 0 Å². The van der Waals surface area contributed by atoms with Gasteiger partial charge >= 0.3 is 0 Å². The summed E-state index contributed by atoms with van der Waals surface area (Å²) in [7, 11) is 4.03. The van der Waals surface area contributed by atoms with Crippen molar-refractivity contribution in [1.29, 1.82) is 0 Å². The van der Waals surface area contributed by atoms with Gasteiger partial charge in [-0.3, -0.25) is 0 Å². The highest BCUT2D eigenvalue weighted by atomic mass is 15.0. The number of nitrogens with one attached hydrogen (secondary N) is 2. The van der Waals surface area contributed by atoms with Crippen LogP contribution in [0.5, 0.6) is 0 Å². The van der Waals surface area contributed by atoms with E-state index in [9.17, 15) is 0 Å². The number of hydrogen-bond acceptors (Lipinski definition) is 2. The second-order valence-corrected chi connectivity index (χ2v) is 5.80. The predicted octanol–water partition coefficient (Wildman–Crippen LogP) is 3.41. The molecule has 2 rings (SSSR count).